The highest BCUT2D eigenvalue weighted by molar-refractivity contribution is 5.89. The van der Waals surface area contributed by atoms with E-state index < -0.39 is 24.0 Å². The summed E-state index contributed by atoms with van der Waals surface area (Å²) in [6.45, 7) is 8.62. The normalized spacial score (nSPS) is 16.9. The molecule has 5 rings (SSSR count). The van der Waals surface area contributed by atoms with Crippen molar-refractivity contribution in [3.8, 4) is 34.5 Å². The van der Waals surface area contributed by atoms with Crippen LogP contribution in [0.1, 0.15) is 86.5 Å². The molecule has 1 aliphatic carbocycles. The molecule has 2 fully saturated rings. The fraction of sp³-hybridized carbons (Fsp3) is 0.467. The molecule has 1 saturated heterocycles. The zero-order valence-electron chi connectivity index (χ0n) is 32.9. The van der Waals surface area contributed by atoms with Crippen LogP contribution in [-0.4, -0.2) is 71.0 Å². The number of ether oxygens (including phenoxy) is 7. The molecule has 0 radical (unpaired) electrons. The second-order valence-corrected chi connectivity index (χ2v) is 14.1. The van der Waals surface area contributed by atoms with Gasteiger partial charge in [-0.3, -0.25) is 4.79 Å². The second-order valence-electron chi connectivity index (χ2n) is 14.1. The summed E-state index contributed by atoms with van der Waals surface area (Å²) < 4.78 is 40.8. The number of carbonyl (C=O) groups excluding carboxylic acids is 2. The van der Waals surface area contributed by atoms with Crippen LogP contribution in [-0.2, 0) is 20.7 Å². The van der Waals surface area contributed by atoms with Gasteiger partial charge in [-0.05, 0) is 104 Å². The zero-order valence-corrected chi connectivity index (χ0v) is 32.9. The van der Waals surface area contributed by atoms with Gasteiger partial charge in [-0.2, -0.15) is 0 Å². The first-order chi connectivity index (χ1) is 26.8. The first-order valence-corrected chi connectivity index (χ1v) is 19.4. The Labute approximate surface area is 326 Å². The van der Waals surface area contributed by atoms with Gasteiger partial charge in [0.15, 0.2) is 23.0 Å². The first kappa shape index (κ1) is 41.1. The highest BCUT2D eigenvalue weighted by Crippen LogP contribution is 2.45. The molecule has 10 heteroatoms. The van der Waals surface area contributed by atoms with Crippen molar-refractivity contribution in [2.45, 2.75) is 82.3 Å². The minimum absolute atomic E-state index is 0.0703. The maximum Gasteiger partial charge on any atom is 0.329 e. The van der Waals surface area contributed by atoms with Crippen molar-refractivity contribution in [1.29, 1.82) is 0 Å². The van der Waals surface area contributed by atoms with Crippen molar-refractivity contribution in [3.05, 3.63) is 96.6 Å². The van der Waals surface area contributed by atoms with Crippen LogP contribution >= 0.6 is 0 Å². The summed E-state index contributed by atoms with van der Waals surface area (Å²) in [5.41, 5.74) is 2.61. The summed E-state index contributed by atoms with van der Waals surface area (Å²) in [4.78, 5) is 31.3. The lowest BCUT2D eigenvalue weighted by Gasteiger charge is -2.40. The Morgan fingerprint density at radius 1 is 0.745 bits per heavy atom. The lowest BCUT2D eigenvalue weighted by atomic mass is 9.75. The predicted molar refractivity (Wildman–Crippen MR) is 213 cm³/mol. The lowest BCUT2D eigenvalue weighted by Crippen LogP contribution is -2.51. The van der Waals surface area contributed by atoms with Gasteiger partial charge in [0, 0.05) is 6.54 Å². The van der Waals surface area contributed by atoms with E-state index in [-0.39, 0.29) is 18.4 Å². The largest absolute Gasteiger partial charge is 0.493 e. The molecule has 3 aromatic rings. The number of amides is 1. The standard InChI is InChI=1S/C45H57NO9/c1-7-25-53-35-18-14-17-33(28-35)37(22-20-31-21-23-38(49-3)39(27-31)50-4)55-45(48)36-19-12-13-24-46(36)44(47)42(32-15-10-9-11-16-32)34-29-40(51-5)43(54-26-8-2)41(30-34)52-6/h7-8,14,17-18,21,23,27-30,32,36-37,42H,1-2,9-13,15-16,19-20,22,24-26H2,3-6H3/t36-,37+,42+/m1/s1. The maximum absolute atomic E-state index is 15.0. The van der Waals surface area contributed by atoms with E-state index in [1.54, 1.807) is 45.5 Å². The Balaban J connectivity index is 1.45. The van der Waals surface area contributed by atoms with Crippen LogP contribution in [0, 0.1) is 5.92 Å². The quantitative estimate of drug-likeness (QED) is 0.0878. The van der Waals surface area contributed by atoms with Crippen molar-refractivity contribution in [2.24, 2.45) is 5.92 Å². The number of nitrogens with zero attached hydrogens (tertiary/aromatic N) is 1. The molecule has 0 N–H and O–H groups in total. The molecule has 55 heavy (non-hydrogen) atoms. The van der Waals surface area contributed by atoms with Gasteiger partial charge >= 0.3 is 5.97 Å². The number of piperidine rings is 1. The summed E-state index contributed by atoms with van der Waals surface area (Å²) in [6.07, 6.45) is 11.1. The van der Waals surface area contributed by atoms with Gasteiger partial charge in [-0.25, -0.2) is 4.79 Å². The first-order valence-electron chi connectivity index (χ1n) is 19.4. The lowest BCUT2D eigenvalue weighted by molar-refractivity contribution is -0.163. The monoisotopic (exact) mass is 755 g/mol. The Bertz CT molecular complexity index is 1720. The number of hydrogen-bond acceptors (Lipinski definition) is 9. The molecular formula is C45H57NO9. The molecule has 3 aromatic carbocycles. The van der Waals surface area contributed by atoms with E-state index in [4.69, 9.17) is 33.2 Å². The number of methoxy groups -OCH3 is 4. The Morgan fingerprint density at radius 2 is 1.42 bits per heavy atom. The second kappa shape index (κ2) is 20.5. The fourth-order valence-corrected chi connectivity index (χ4v) is 7.87. The van der Waals surface area contributed by atoms with Crippen LogP contribution in [0.5, 0.6) is 34.5 Å². The average Bonchev–Trinajstić information content (AvgIpc) is 3.23. The molecule has 1 saturated carbocycles. The number of benzene rings is 3. The summed E-state index contributed by atoms with van der Waals surface area (Å²) in [6, 6.07) is 16.5. The number of hydrogen-bond donors (Lipinski definition) is 0. The number of carbonyl (C=O) groups is 2. The molecule has 296 valence electrons. The Hall–Kier alpha value is -5.12. The van der Waals surface area contributed by atoms with Gasteiger partial charge in [0.1, 0.15) is 31.1 Å². The van der Waals surface area contributed by atoms with Crippen LogP contribution in [0.15, 0.2) is 79.9 Å². The van der Waals surface area contributed by atoms with E-state index >= 15 is 4.79 Å². The third-order valence-corrected chi connectivity index (χ3v) is 10.6. The SMILES string of the molecule is C=CCOc1cccc([C@H](CCc2ccc(OC)c(OC)c2)OC(=O)[C@H]2CCCCN2C(=O)[C@H](c2cc(OC)c(OCC=C)c(OC)c2)C2CCCCC2)c1. The number of aryl methyl sites for hydroxylation is 1. The summed E-state index contributed by atoms with van der Waals surface area (Å²) in [5, 5.41) is 0. The molecule has 0 spiro atoms. The third kappa shape index (κ3) is 10.3. The van der Waals surface area contributed by atoms with Crippen molar-refractivity contribution < 1.29 is 42.7 Å². The van der Waals surface area contributed by atoms with Gasteiger partial charge < -0.3 is 38.1 Å². The van der Waals surface area contributed by atoms with Gasteiger partial charge in [0.2, 0.25) is 11.7 Å². The van der Waals surface area contributed by atoms with Gasteiger partial charge in [-0.15, -0.1) is 0 Å². The molecule has 0 aromatic heterocycles. The van der Waals surface area contributed by atoms with Crippen LogP contribution in [0.3, 0.4) is 0 Å². The topological polar surface area (TPSA) is 102 Å². The molecule has 3 atom stereocenters. The Kier molecular flexibility index (Phi) is 15.3. The molecule has 0 bridgehead atoms. The van der Waals surface area contributed by atoms with Crippen LogP contribution in [0.25, 0.3) is 0 Å². The van der Waals surface area contributed by atoms with Crippen molar-refractivity contribution in [1.82, 2.24) is 4.90 Å². The molecule has 1 heterocycles. The van der Waals surface area contributed by atoms with E-state index in [0.717, 1.165) is 61.6 Å². The van der Waals surface area contributed by atoms with E-state index in [1.165, 1.54) is 0 Å². The highest BCUT2D eigenvalue weighted by atomic mass is 16.5. The fourth-order valence-electron chi connectivity index (χ4n) is 7.87. The molecule has 1 amide bonds. The predicted octanol–water partition coefficient (Wildman–Crippen LogP) is 8.81. The molecule has 10 nitrogen and oxygen atoms in total. The highest BCUT2D eigenvalue weighted by Gasteiger charge is 2.41. The number of rotatable bonds is 19. The Morgan fingerprint density at radius 3 is 2.09 bits per heavy atom. The number of esters is 1. The number of likely N-dealkylation sites (tertiary alicyclic amines) is 1. The molecular weight excluding hydrogens is 698 g/mol. The van der Waals surface area contributed by atoms with Crippen LogP contribution in [0.4, 0.5) is 0 Å². The van der Waals surface area contributed by atoms with Crippen molar-refractivity contribution in [3.63, 3.8) is 0 Å². The van der Waals surface area contributed by atoms with Crippen LogP contribution in [0.2, 0.25) is 0 Å². The van der Waals surface area contributed by atoms with Crippen molar-refractivity contribution >= 4 is 11.9 Å². The summed E-state index contributed by atoms with van der Waals surface area (Å²) in [5.74, 6) is 2.48. The van der Waals surface area contributed by atoms with Gasteiger partial charge in [-0.1, -0.05) is 62.8 Å². The summed E-state index contributed by atoms with van der Waals surface area (Å²) >= 11 is 0. The van der Waals surface area contributed by atoms with E-state index in [0.29, 0.717) is 66.9 Å². The van der Waals surface area contributed by atoms with Crippen molar-refractivity contribution in [2.75, 3.05) is 48.2 Å². The smallest absolute Gasteiger partial charge is 0.329 e. The molecule has 0 unspecified atom stereocenters. The maximum atomic E-state index is 15.0. The third-order valence-electron chi connectivity index (χ3n) is 10.6. The van der Waals surface area contributed by atoms with E-state index in [9.17, 15) is 4.79 Å². The van der Waals surface area contributed by atoms with E-state index in [2.05, 4.69) is 13.2 Å². The minimum Gasteiger partial charge on any atom is -0.493 e. The van der Waals surface area contributed by atoms with Gasteiger partial charge in [0.25, 0.3) is 0 Å². The van der Waals surface area contributed by atoms with Gasteiger partial charge in [0.05, 0.1) is 34.4 Å². The summed E-state index contributed by atoms with van der Waals surface area (Å²) in [7, 11) is 6.37. The average molecular weight is 756 g/mol. The molecule has 1 aliphatic heterocycles. The van der Waals surface area contributed by atoms with Crippen LogP contribution < -0.4 is 28.4 Å². The van der Waals surface area contributed by atoms with E-state index in [1.807, 2.05) is 54.6 Å². The zero-order chi connectivity index (χ0) is 39.2. The molecule has 2 aliphatic rings. The minimum atomic E-state index is -0.727.